The van der Waals surface area contributed by atoms with Gasteiger partial charge in [-0.15, -0.1) is 0 Å². The van der Waals surface area contributed by atoms with E-state index in [0.717, 1.165) is 5.56 Å². The first-order valence-corrected chi connectivity index (χ1v) is 8.00. The number of nitrogens with one attached hydrogen (secondary N) is 1. The zero-order valence-electron chi connectivity index (χ0n) is 14.0. The second-order valence-electron chi connectivity index (χ2n) is 6.79. The minimum absolute atomic E-state index is 0.0364. The number of amides is 4. The topological polar surface area (TPSA) is 109 Å². The highest BCUT2D eigenvalue weighted by atomic mass is 16.6. The van der Waals surface area contributed by atoms with Crippen molar-refractivity contribution < 1.29 is 24.2 Å². The lowest BCUT2D eigenvalue weighted by Gasteiger charge is -2.25. The molecule has 1 fully saturated rings. The Kier molecular flexibility index (Phi) is 5.05. The van der Waals surface area contributed by atoms with E-state index in [-0.39, 0.29) is 25.3 Å². The molecule has 0 bridgehead atoms. The summed E-state index contributed by atoms with van der Waals surface area (Å²) in [5, 5.41) is 13.2. The van der Waals surface area contributed by atoms with Gasteiger partial charge in [0.2, 0.25) is 5.91 Å². The molecule has 0 saturated carbocycles. The number of imide groups is 1. The van der Waals surface area contributed by atoms with E-state index in [1.165, 1.54) is 0 Å². The van der Waals surface area contributed by atoms with Gasteiger partial charge in [0.25, 0.3) is 0 Å². The number of hydrogen-bond acceptors (Lipinski definition) is 4. The second-order valence-corrected chi connectivity index (χ2v) is 6.79. The number of hydroxylamine groups is 3. The molecule has 0 spiro atoms. The second kappa shape index (κ2) is 6.70. The number of rotatable bonds is 7. The van der Waals surface area contributed by atoms with Crippen LogP contribution in [0.15, 0.2) is 30.3 Å². The predicted molar refractivity (Wildman–Crippen MR) is 86.6 cm³/mol. The first-order valence-electron chi connectivity index (χ1n) is 8.00. The summed E-state index contributed by atoms with van der Waals surface area (Å²) in [5.74, 6) is -1.37. The van der Waals surface area contributed by atoms with Gasteiger partial charge in [-0.3, -0.25) is 10.1 Å². The third kappa shape index (κ3) is 3.47. The van der Waals surface area contributed by atoms with Crippen molar-refractivity contribution in [1.29, 1.82) is 0 Å². The van der Waals surface area contributed by atoms with Crippen LogP contribution < -0.4 is 11.1 Å². The molecule has 1 aromatic rings. The fourth-order valence-electron chi connectivity index (χ4n) is 3.26. The van der Waals surface area contributed by atoms with Crippen molar-refractivity contribution in [1.82, 2.24) is 5.32 Å². The number of carbonyl (C=O) groups is 3. The first kappa shape index (κ1) is 18.1. The van der Waals surface area contributed by atoms with E-state index >= 15 is 0 Å². The smallest absolute Gasteiger partial charge is 0.370 e. The SMILES string of the molecule is CC(C)CC1(CC(N)=O)NC(=O)[N+](O)(CCc2ccccc2)C1=O. The Bertz CT molecular complexity index is 646. The van der Waals surface area contributed by atoms with Gasteiger partial charge in [-0.25, -0.2) is 9.59 Å². The summed E-state index contributed by atoms with van der Waals surface area (Å²) in [7, 11) is 0. The molecule has 7 nitrogen and oxygen atoms in total. The summed E-state index contributed by atoms with van der Waals surface area (Å²) < 4.78 is -1.35. The standard InChI is InChI=1S/C17H23N3O4/c1-12(2)10-17(11-14(18)21)15(22)20(24,16(23)19-17)9-8-13-6-4-3-5-7-13/h3-7,12,24H,8-11H2,1-2H3,(H2-,18,19,21,23)/p+1. The van der Waals surface area contributed by atoms with E-state index in [4.69, 9.17) is 5.73 Å². The van der Waals surface area contributed by atoms with Crippen LogP contribution in [0.5, 0.6) is 0 Å². The molecule has 4 amide bonds. The highest BCUT2D eigenvalue weighted by Gasteiger charge is 2.65. The zero-order valence-corrected chi connectivity index (χ0v) is 14.0. The molecular formula is C17H24N3O4+. The van der Waals surface area contributed by atoms with Crippen molar-refractivity contribution in [3.8, 4) is 0 Å². The fourth-order valence-corrected chi connectivity index (χ4v) is 3.26. The molecule has 1 saturated heterocycles. The molecule has 24 heavy (non-hydrogen) atoms. The van der Waals surface area contributed by atoms with Crippen molar-refractivity contribution >= 4 is 17.8 Å². The summed E-state index contributed by atoms with van der Waals surface area (Å²) >= 11 is 0. The van der Waals surface area contributed by atoms with Gasteiger partial charge < -0.3 is 5.73 Å². The van der Waals surface area contributed by atoms with Crippen LogP contribution in [0.3, 0.4) is 0 Å². The monoisotopic (exact) mass is 334 g/mol. The number of quaternary nitrogens is 1. The van der Waals surface area contributed by atoms with Crippen LogP contribution in [0, 0.1) is 5.92 Å². The number of nitrogens with zero attached hydrogens (tertiary/aromatic N) is 1. The Balaban J connectivity index is 2.25. The van der Waals surface area contributed by atoms with Crippen molar-refractivity contribution in [3.05, 3.63) is 35.9 Å². The molecule has 1 heterocycles. The van der Waals surface area contributed by atoms with Gasteiger partial charge in [-0.05, 0) is 22.5 Å². The van der Waals surface area contributed by atoms with Gasteiger partial charge in [-0.1, -0.05) is 44.2 Å². The van der Waals surface area contributed by atoms with Crippen LogP contribution in [0.25, 0.3) is 0 Å². The summed E-state index contributed by atoms with van der Waals surface area (Å²) in [6.07, 6.45) is 0.277. The Morgan fingerprint density at radius 2 is 1.92 bits per heavy atom. The lowest BCUT2D eigenvalue weighted by molar-refractivity contribution is -0.968. The van der Waals surface area contributed by atoms with Crippen molar-refractivity contribution in [2.75, 3.05) is 6.54 Å². The molecule has 130 valence electrons. The number of nitrogens with two attached hydrogens (primary N) is 1. The minimum atomic E-state index is -1.44. The Hall–Kier alpha value is -2.25. The van der Waals surface area contributed by atoms with E-state index in [1.807, 2.05) is 44.2 Å². The fraction of sp³-hybridized carbons (Fsp3) is 0.471. The van der Waals surface area contributed by atoms with Crippen LogP contribution in [0.1, 0.15) is 32.3 Å². The number of carbonyl (C=O) groups excluding carboxylic acids is 3. The van der Waals surface area contributed by atoms with Gasteiger partial charge in [-0.2, -0.15) is 5.21 Å². The Morgan fingerprint density at radius 1 is 1.29 bits per heavy atom. The summed E-state index contributed by atoms with van der Waals surface area (Å²) in [6.45, 7) is 3.65. The minimum Gasteiger partial charge on any atom is -0.370 e. The van der Waals surface area contributed by atoms with Crippen molar-refractivity contribution in [3.63, 3.8) is 0 Å². The highest BCUT2D eigenvalue weighted by Crippen LogP contribution is 2.32. The van der Waals surface area contributed by atoms with Gasteiger partial charge in [0.05, 0.1) is 6.42 Å². The maximum absolute atomic E-state index is 12.9. The lowest BCUT2D eigenvalue weighted by atomic mass is 9.85. The molecule has 4 N–H and O–H groups in total. The average molecular weight is 334 g/mol. The number of benzene rings is 1. The summed E-state index contributed by atoms with van der Waals surface area (Å²) in [6, 6.07) is 8.46. The first-order chi connectivity index (χ1) is 11.2. The summed E-state index contributed by atoms with van der Waals surface area (Å²) in [5.41, 5.74) is 4.73. The van der Waals surface area contributed by atoms with Gasteiger partial charge >= 0.3 is 11.9 Å². The van der Waals surface area contributed by atoms with Crippen LogP contribution >= 0.6 is 0 Å². The number of hydrogen-bond donors (Lipinski definition) is 3. The van der Waals surface area contributed by atoms with E-state index in [1.54, 1.807) is 0 Å². The molecule has 7 heteroatoms. The third-order valence-corrected chi connectivity index (χ3v) is 4.23. The molecular weight excluding hydrogens is 310 g/mol. The molecule has 0 aromatic heterocycles. The Labute approximate surface area is 141 Å². The summed E-state index contributed by atoms with van der Waals surface area (Å²) in [4.78, 5) is 36.6. The van der Waals surface area contributed by atoms with E-state index in [0.29, 0.717) is 6.42 Å². The normalized spacial score (nSPS) is 26.7. The molecule has 0 radical (unpaired) electrons. The van der Waals surface area contributed by atoms with Crippen LogP contribution in [0.4, 0.5) is 4.79 Å². The largest absolute Gasteiger partial charge is 0.457 e. The molecule has 2 atom stereocenters. The highest BCUT2D eigenvalue weighted by molar-refractivity contribution is 6.00. The molecule has 1 aromatic carbocycles. The molecule has 2 rings (SSSR count). The van der Waals surface area contributed by atoms with Gasteiger partial charge in [0.1, 0.15) is 6.54 Å². The average Bonchev–Trinajstić information content (AvgIpc) is 2.67. The zero-order chi connectivity index (χ0) is 18.0. The van der Waals surface area contributed by atoms with Crippen molar-refractivity contribution in [2.24, 2.45) is 11.7 Å². The third-order valence-electron chi connectivity index (χ3n) is 4.23. The number of urea groups is 1. The molecule has 1 aliphatic rings. The quantitative estimate of drug-likeness (QED) is 0.397. The van der Waals surface area contributed by atoms with E-state index in [9.17, 15) is 19.6 Å². The van der Waals surface area contributed by atoms with Gasteiger partial charge in [0.15, 0.2) is 5.54 Å². The molecule has 2 unspecified atom stereocenters. The molecule has 0 aliphatic carbocycles. The van der Waals surface area contributed by atoms with E-state index in [2.05, 4.69) is 5.32 Å². The van der Waals surface area contributed by atoms with E-state index < -0.39 is 28.0 Å². The van der Waals surface area contributed by atoms with Crippen molar-refractivity contribution in [2.45, 2.75) is 38.6 Å². The predicted octanol–water partition coefficient (Wildman–Crippen LogP) is 1.35. The molecule has 1 aliphatic heterocycles. The van der Waals surface area contributed by atoms with Crippen LogP contribution in [-0.4, -0.2) is 39.8 Å². The maximum Gasteiger partial charge on any atom is 0.457 e. The van der Waals surface area contributed by atoms with Crippen LogP contribution in [-0.2, 0) is 16.0 Å². The number of primary amides is 1. The van der Waals surface area contributed by atoms with Gasteiger partial charge in [0, 0.05) is 6.42 Å². The lowest BCUT2D eigenvalue weighted by Crippen LogP contribution is -2.55. The Morgan fingerprint density at radius 3 is 2.46 bits per heavy atom. The maximum atomic E-state index is 12.9. The van der Waals surface area contributed by atoms with Crippen LogP contribution in [0.2, 0.25) is 0 Å².